The van der Waals surface area contributed by atoms with E-state index in [-0.39, 0.29) is 36.4 Å². The van der Waals surface area contributed by atoms with Crippen molar-refractivity contribution in [2.75, 3.05) is 13.2 Å². The summed E-state index contributed by atoms with van der Waals surface area (Å²) >= 11 is 0. The minimum Gasteiger partial charge on any atom is -0.508 e. The molecule has 10 heteroatoms. The molecule has 1 aromatic carbocycles. The van der Waals surface area contributed by atoms with Crippen molar-refractivity contribution in [3.05, 3.63) is 45.0 Å². The van der Waals surface area contributed by atoms with Crippen LogP contribution in [0.25, 0.3) is 0 Å². The third-order valence-electron chi connectivity index (χ3n) is 5.84. The number of hydrogen-bond acceptors (Lipinski definition) is 7. The van der Waals surface area contributed by atoms with Crippen molar-refractivity contribution in [3.8, 4) is 11.5 Å². The number of hydrogen-bond donors (Lipinski definition) is 1. The molecule has 0 bridgehead atoms. The van der Waals surface area contributed by atoms with Gasteiger partial charge in [-0.1, -0.05) is 25.5 Å². The van der Waals surface area contributed by atoms with Gasteiger partial charge in [-0.25, -0.2) is 4.79 Å². The summed E-state index contributed by atoms with van der Waals surface area (Å²) < 4.78 is 40.0. The van der Waals surface area contributed by atoms with Crippen LogP contribution in [-0.2, 0) is 20.3 Å². The van der Waals surface area contributed by atoms with Gasteiger partial charge in [-0.3, -0.25) is 0 Å². The van der Waals surface area contributed by atoms with Gasteiger partial charge in [0.1, 0.15) is 17.1 Å². The zero-order valence-electron chi connectivity index (χ0n) is 19.5. The molecule has 0 amide bonds. The first-order valence-electron chi connectivity index (χ1n) is 11.0. The first kappa shape index (κ1) is 26.3. The second-order valence-electron chi connectivity index (χ2n) is 8.44. The number of phenols is 1. The highest BCUT2D eigenvalue weighted by Crippen LogP contribution is 2.55. The van der Waals surface area contributed by atoms with E-state index in [0.29, 0.717) is 12.0 Å². The van der Waals surface area contributed by atoms with E-state index in [2.05, 4.69) is 15.7 Å². The number of allylic oxidation sites excluding steroid dienone is 2. The Balaban J connectivity index is 0.00000187. The van der Waals surface area contributed by atoms with E-state index in [0.717, 1.165) is 24.1 Å². The number of rotatable bonds is 7. The summed E-state index contributed by atoms with van der Waals surface area (Å²) in [5, 5.41) is 19.6. The Hall–Kier alpha value is -2.91. The van der Waals surface area contributed by atoms with E-state index in [9.17, 15) is 28.8 Å². The lowest BCUT2D eigenvalue weighted by atomic mass is 9.67. The first-order chi connectivity index (χ1) is 15.4. The lowest BCUT2D eigenvalue weighted by Crippen LogP contribution is -2.45. The molecule has 3 rings (SSSR count). The number of nitrogens with zero attached hydrogens (tertiary/aromatic N) is 1. The lowest BCUT2D eigenvalue weighted by Gasteiger charge is -2.47. The molecule has 1 N–H and O–H groups in total. The van der Waals surface area contributed by atoms with Gasteiger partial charge in [-0.2, -0.15) is 8.78 Å². The fourth-order valence-electron chi connectivity index (χ4n) is 4.32. The quantitative estimate of drug-likeness (QED) is 0.190. The van der Waals surface area contributed by atoms with Gasteiger partial charge in [0.15, 0.2) is 0 Å². The molecule has 33 heavy (non-hydrogen) atoms. The fraction of sp³-hybridized carbons (Fsp3) is 0.609. The number of carbonyl (C=O) groups is 1. The zero-order valence-corrected chi connectivity index (χ0v) is 19.5. The van der Waals surface area contributed by atoms with Gasteiger partial charge in [0, 0.05) is 29.4 Å². The molecule has 1 aliphatic carbocycles. The second kappa shape index (κ2) is 10.4. The van der Waals surface area contributed by atoms with Crippen LogP contribution in [0, 0.1) is 16.0 Å². The summed E-state index contributed by atoms with van der Waals surface area (Å²) in [4.78, 5) is 26.1. The highest BCUT2D eigenvalue weighted by Gasteiger charge is 2.48. The predicted octanol–water partition coefficient (Wildman–Crippen LogP) is 5.26. The molecule has 0 spiro atoms. The summed E-state index contributed by atoms with van der Waals surface area (Å²) in [6.07, 6.45) is 3.45. The molecule has 8 nitrogen and oxygen atoms in total. The van der Waals surface area contributed by atoms with Crippen LogP contribution in [0.5, 0.6) is 11.5 Å². The molecule has 0 saturated heterocycles. The first-order valence-corrected chi connectivity index (χ1v) is 11.0. The molecule has 2 unspecified atom stereocenters. The average molecular weight is 471 g/mol. The molecule has 0 aromatic heterocycles. The minimum absolute atomic E-state index is 0.0762. The molecule has 0 fully saturated rings. The van der Waals surface area contributed by atoms with Crippen LogP contribution in [0.1, 0.15) is 70.9 Å². The monoisotopic (exact) mass is 471 g/mol. The van der Waals surface area contributed by atoms with Crippen LogP contribution in [0.2, 0.25) is 0 Å². The Labute approximate surface area is 191 Å². The topological polar surface area (TPSA) is 108 Å². The van der Waals surface area contributed by atoms with Crippen molar-refractivity contribution in [1.29, 1.82) is 0 Å². The van der Waals surface area contributed by atoms with E-state index in [1.54, 1.807) is 0 Å². The summed E-state index contributed by atoms with van der Waals surface area (Å²) in [5.41, 5.74) is 0.241. The van der Waals surface area contributed by atoms with Gasteiger partial charge in [0.2, 0.25) is 0 Å². The summed E-state index contributed by atoms with van der Waals surface area (Å²) in [6.45, 7) is 8.89. The normalized spacial score (nSPS) is 20.6. The lowest BCUT2D eigenvalue weighted by molar-refractivity contribution is -0.757. The predicted molar refractivity (Wildman–Crippen MR) is 116 cm³/mol. The van der Waals surface area contributed by atoms with Crippen LogP contribution in [0.15, 0.2) is 23.8 Å². The zero-order chi connectivity index (χ0) is 25.0. The molecule has 0 saturated carbocycles. The van der Waals surface area contributed by atoms with Crippen molar-refractivity contribution in [2.24, 2.45) is 5.92 Å². The van der Waals surface area contributed by atoms with Crippen molar-refractivity contribution in [2.45, 2.75) is 71.3 Å². The van der Waals surface area contributed by atoms with Gasteiger partial charge in [-0.15, -0.1) is 10.1 Å². The molecule has 1 aliphatic heterocycles. The number of benzene rings is 1. The summed E-state index contributed by atoms with van der Waals surface area (Å²) in [5.74, 6) is -6.09. The number of halogens is 2. The van der Waals surface area contributed by atoms with Crippen LogP contribution in [-0.4, -0.2) is 35.0 Å². The maximum Gasteiger partial charge on any atom is 0.381 e. The van der Waals surface area contributed by atoms with Gasteiger partial charge < -0.3 is 19.4 Å². The molecule has 184 valence electrons. The van der Waals surface area contributed by atoms with E-state index in [1.807, 2.05) is 34.6 Å². The highest BCUT2D eigenvalue weighted by molar-refractivity contribution is 5.80. The Morgan fingerprint density at radius 1 is 1.33 bits per heavy atom. The van der Waals surface area contributed by atoms with Crippen molar-refractivity contribution in [1.82, 2.24) is 0 Å². The molecule has 2 atom stereocenters. The third kappa shape index (κ3) is 5.72. The van der Waals surface area contributed by atoms with E-state index in [1.165, 1.54) is 0 Å². The van der Waals surface area contributed by atoms with E-state index in [4.69, 9.17) is 4.74 Å². The number of alkyl halides is 2. The van der Waals surface area contributed by atoms with Gasteiger partial charge in [0.05, 0.1) is 13.2 Å². The number of phenolic OH excluding ortho intramolecular Hbond substituents is 1. The van der Waals surface area contributed by atoms with Gasteiger partial charge in [-0.05, 0) is 45.7 Å². The second-order valence-corrected chi connectivity index (χ2v) is 8.44. The molecule has 2 aliphatic rings. The Morgan fingerprint density at radius 2 is 2.00 bits per heavy atom. The fourth-order valence-corrected chi connectivity index (χ4v) is 4.32. The van der Waals surface area contributed by atoms with Crippen LogP contribution in [0.4, 0.5) is 8.78 Å². The van der Waals surface area contributed by atoms with Gasteiger partial charge in [0.25, 0.3) is 5.09 Å². The van der Waals surface area contributed by atoms with Gasteiger partial charge >= 0.3 is 11.9 Å². The number of carbonyl (C=O) groups excluding carboxylic acids is 1. The smallest absolute Gasteiger partial charge is 0.381 e. The molecule has 1 aromatic rings. The maximum absolute atomic E-state index is 14.7. The third-order valence-corrected chi connectivity index (χ3v) is 5.84. The average Bonchev–Trinajstić information content (AvgIpc) is 2.73. The Kier molecular flexibility index (Phi) is 8.26. The number of esters is 1. The van der Waals surface area contributed by atoms with Crippen LogP contribution in [0.3, 0.4) is 0 Å². The van der Waals surface area contributed by atoms with Crippen molar-refractivity contribution < 1.29 is 38.1 Å². The Morgan fingerprint density at radius 3 is 2.64 bits per heavy atom. The minimum atomic E-state index is -4.04. The van der Waals surface area contributed by atoms with E-state index >= 15 is 0 Å². The number of fused-ring (bicyclic) bond motifs is 3. The summed E-state index contributed by atoms with van der Waals surface area (Å²) in [6, 6.07) is 1.96. The summed E-state index contributed by atoms with van der Waals surface area (Å²) in [7, 11) is 0. The van der Waals surface area contributed by atoms with Crippen molar-refractivity contribution >= 4 is 5.97 Å². The highest BCUT2D eigenvalue weighted by atomic mass is 19.3. The van der Waals surface area contributed by atoms with Crippen LogP contribution >= 0.6 is 0 Å². The molecule has 1 heterocycles. The maximum atomic E-state index is 14.7. The number of aromatic hydroxyl groups is 1. The molecule has 0 radical (unpaired) electrons. The SMILES string of the molecule is CC.CC1=CCC2C(C1)c1c(O)cc(C(F)(F)C(=O)OCCCO[N+](=O)[O-])cc1OC2(C)C. The molecular weight excluding hydrogens is 440 g/mol. The Bertz CT molecular complexity index is 914. The van der Waals surface area contributed by atoms with Crippen molar-refractivity contribution in [3.63, 3.8) is 0 Å². The van der Waals surface area contributed by atoms with E-state index < -0.39 is 34.7 Å². The van der Waals surface area contributed by atoms with Crippen LogP contribution < -0.4 is 4.74 Å². The largest absolute Gasteiger partial charge is 0.508 e. The number of ether oxygens (including phenoxy) is 2. The molecular formula is C23H31F2NO7. The standard InChI is InChI=1S/C21H25F2NO7.C2H6/c1-12-5-6-15-14(9-12)18-16(25)10-13(11-17(18)31-20(15,2)3)21(22,23)19(26)29-7-4-8-30-24(27)28;1-2/h5,10-11,14-15,25H,4,6-9H2,1-3H3;1-2H3.